The molecular weight excluding hydrogens is 366 g/mol. The Morgan fingerprint density at radius 2 is 1.93 bits per heavy atom. The van der Waals surface area contributed by atoms with Crippen LogP contribution in [0.2, 0.25) is 0 Å². The van der Waals surface area contributed by atoms with E-state index in [4.69, 9.17) is 10.2 Å². The average Bonchev–Trinajstić information content (AvgIpc) is 3.30. The summed E-state index contributed by atoms with van der Waals surface area (Å²) in [7, 11) is 0. The summed E-state index contributed by atoms with van der Waals surface area (Å²) in [6.45, 7) is 1.44. The molecule has 2 saturated heterocycles. The first-order valence-electron chi connectivity index (χ1n) is 9.83. The van der Waals surface area contributed by atoms with Gasteiger partial charge in [0.05, 0.1) is 11.5 Å². The van der Waals surface area contributed by atoms with Crippen LogP contribution in [0.1, 0.15) is 19.3 Å². The number of aromatic amines is 1. The lowest BCUT2D eigenvalue weighted by Gasteiger charge is -2.41. The molecule has 2 aliphatic heterocycles. The number of nitrogens with one attached hydrogen (secondary N) is 2. The van der Waals surface area contributed by atoms with Crippen molar-refractivity contribution in [2.75, 3.05) is 23.3 Å². The fraction of sp³-hybridized carbons (Fsp3) is 0.333. The summed E-state index contributed by atoms with van der Waals surface area (Å²) in [5, 5.41) is 13.2. The van der Waals surface area contributed by atoms with Gasteiger partial charge in [-0.2, -0.15) is 15.2 Å². The summed E-state index contributed by atoms with van der Waals surface area (Å²) >= 11 is 0. The zero-order valence-electron chi connectivity index (χ0n) is 15.9. The number of carbonyl (C=O) groups is 1. The van der Waals surface area contributed by atoms with E-state index in [0.29, 0.717) is 5.95 Å². The number of rotatable bonds is 4. The molecule has 2 atom stereocenters. The lowest BCUT2D eigenvalue weighted by Crippen LogP contribution is -2.56. The van der Waals surface area contributed by atoms with Gasteiger partial charge < -0.3 is 20.1 Å². The Labute approximate surface area is 168 Å². The Morgan fingerprint density at radius 3 is 2.66 bits per heavy atom. The van der Waals surface area contributed by atoms with Gasteiger partial charge in [-0.15, -0.1) is 0 Å². The van der Waals surface area contributed by atoms with Crippen molar-refractivity contribution in [1.82, 2.24) is 19.9 Å². The van der Waals surface area contributed by atoms with Gasteiger partial charge in [-0.3, -0.25) is 4.79 Å². The first-order chi connectivity index (χ1) is 14.2. The zero-order chi connectivity index (χ0) is 19.8. The first kappa shape index (κ1) is 17.5. The lowest BCUT2D eigenvalue weighted by atomic mass is 10.1. The maximum Gasteiger partial charge on any atom is 0.237 e. The van der Waals surface area contributed by atoms with Gasteiger partial charge >= 0.3 is 0 Å². The smallest absolute Gasteiger partial charge is 0.237 e. The van der Waals surface area contributed by atoms with Crippen LogP contribution < -0.4 is 10.2 Å². The summed E-state index contributed by atoms with van der Waals surface area (Å²) in [6.07, 6.45) is 3.76. The van der Waals surface area contributed by atoms with Crippen LogP contribution in [-0.2, 0) is 4.79 Å². The van der Waals surface area contributed by atoms with Crippen LogP contribution in [0.5, 0.6) is 0 Å². The molecule has 2 aliphatic rings. The molecule has 0 saturated carbocycles. The average molecular weight is 387 g/mol. The molecule has 4 heterocycles. The summed E-state index contributed by atoms with van der Waals surface area (Å²) in [5.41, 5.74) is 1.71. The minimum atomic E-state index is -0.0550. The Bertz CT molecular complexity index is 1070. The molecule has 8 nitrogen and oxygen atoms in total. The monoisotopic (exact) mass is 387 g/mol. The molecular formula is C21H21N7O. The molecule has 146 valence electrons. The molecule has 5 rings (SSSR count). The number of benzene rings is 1. The normalized spacial score (nSPS) is 20.7. The van der Waals surface area contributed by atoms with Crippen LogP contribution in [0.3, 0.4) is 0 Å². The Balaban J connectivity index is 1.46. The lowest BCUT2D eigenvalue weighted by molar-refractivity contribution is -0.133. The van der Waals surface area contributed by atoms with E-state index in [1.54, 1.807) is 0 Å². The Morgan fingerprint density at radius 1 is 1.17 bits per heavy atom. The summed E-state index contributed by atoms with van der Waals surface area (Å²) < 4.78 is 0. The summed E-state index contributed by atoms with van der Waals surface area (Å²) in [4.78, 5) is 29.2. The van der Waals surface area contributed by atoms with Crippen molar-refractivity contribution in [2.24, 2.45) is 0 Å². The van der Waals surface area contributed by atoms with Gasteiger partial charge in [0.25, 0.3) is 0 Å². The van der Waals surface area contributed by atoms with E-state index in [1.165, 1.54) is 0 Å². The molecule has 2 bridgehead atoms. The molecule has 2 N–H and O–H groups in total. The van der Waals surface area contributed by atoms with Gasteiger partial charge in [0.2, 0.25) is 11.9 Å². The number of hydrogen-bond acceptors (Lipinski definition) is 6. The maximum atomic E-state index is 12.4. The Hall–Kier alpha value is -3.60. The standard InChI is InChI=1S/C21H21N7O/c22-10-8-18(29)28-15-6-7-16(28)13-27(12-15)20-17-9-11-23-19(17)25-21(26-20)24-14-4-2-1-3-5-14/h1-5,9,11,15-16H,6-8,12-13H2,(H2,23,24,25,26). The molecule has 0 spiro atoms. The van der Waals surface area contributed by atoms with Crippen molar-refractivity contribution in [3.8, 4) is 6.07 Å². The Kier molecular flexibility index (Phi) is 4.28. The predicted octanol–water partition coefficient (Wildman–Crippen LogP) is 2.79. The van der Waals surface area contributed by atoms with Crippen molar-refractivity contribution >= 4 is 34.4 Å². The zero-order valence-corrected chi connectivity index (χ0v) is 15.9. The van der Waals surface area contributed by atoms with Crippen LogP contribution in [0.15, 0.2) is 42.6 Å². The third-order valence-corrected chi connectivity index (χ3v) is 5.73. The van der Waals surface area contributed by atoms with E-state index in [0.717, 1.165) is 48.5 Å². The minimum absolute atomic E-state index is 0.0479. The highest BCUT2D eigenvalue weighted by Crippen LogP contribution is 2.35. The van der Waals surface area contributed by atoms with Crippen molar-refractivity contribution in [3.05, 3.63) is 42.6 Å². The summed E-state index contributed by atoms with van der Waals surface area (Å²) in [5.74, 6) is 1.36. The van der Waals surface area contributed by atoms with Crippen molar-refractivity contribution < 1.29 is 4.79 Å². The van der Waals surface area contributed by atoms with Gasteiger partial charge in [0.15, 0.2) is 0 Å². The number of H-pyrrole nitrogens is 1. The number of nitriles is 1. The minimum Gasteiger partial charge on any atom is -0.352 e. The number of fused-ring (bicyclic) bond motifs is 3. The van der Waals surface area contributed by atoms with Gasteiger partial charge in [0, 0.05) is 37.1 Å². The third-order valence-electron chi connectivity index (χ3n) is 5.73. The second-order valence-corrected chi connectivity index (χ2v) is 7.53. The SMILES string of the molecule is N#CCC(=O)N1C2CCC1CN(c1nc(Nc3ccccc3)nc3[nH]ccc13)C2. The van der Waals surface area contributed by atoms with Gasteiger partial charge in [-0.25, -0.2) is 0 Å². The van der Waals surface area contributed by atoms with Crippen molar-refractivity contribution in [2.45, 2.75) is 31.3 Å². The number of nitrogens with zero attached hydrogens (tertiary/aromatic N) is 5. The van der Waals surface area contributed by atoms with Crippen LogP contribution in [0, 0.1) is 11.3 Å². The second-order valence-electron chi connectivity index (χ2n) is 7.53. The number of aromatic nitrogens is 3. The van der Waals surface area contributed by atoms with Gasteiger partial charge in [-0.05, 0) is 31.0 Å². The molecule has 0 aliphatic carbocycles. The number of para-hydroxylation sites is 1. The first-order valence-corrected chi connectivity index (χ1v) is 9.83. The number of hydrogen-bond donors (Lipinski definition) is 2. The van der Waals surface area contributed by atoms with Crippen LogP contribution >= 0.6 is 0 Å². The van der Waals surface area contributed by atoms with Gasteiger partial charge in [0.1, 0.15) is 17.9 Å². The number of amides is 1. The molecule has 1 aromatic carbocycles. The van der Waals surface area contributed by atoms with E-state index >= 15 is 0 Å². The van der Waals surface area contributed by atoms with Crippen LogP contribution in [0.25, 0.3) is 11.0 Å². The molecule has 0 radical (unpaired) electrons. The van der Waals surface area contributed by atoms with E-state index in [2.05, 4.69) is 20.2 Å². The number of carbonyl (C=O) groups excluding carboxylic acids is 1. The van der Waals surface area contributed by atoms with E-state index in [-0.39, 0.29) is 24.4 Å². The maximum absolute atomic E-state index is 12.4. The van der Waals surface area contributed by atoms with Crippen molar-refractivity contribution in [1.29, 1.82) is 5.26 Å². The van der Waals surface area contributed by atoms with E-state index < -0.39 is 0 Å². The molecule has 8 heteroatoms. The molecule has 1 amide bonds. The topological polar surface area (TPSA) is 101 Å². The summed E-state index contributed by atoms with van der Waals surface area (Å²) in [6, 6.07) is 14.1. The fourth-order valence-corrected chi connectivity index (χ4v) is 4.51. The largest absolute Gasteiger partial charge is 0.352 e. The number of anilines is 3. The highest BCUT2D eigenvalue weighted by atomic mass is 16.2. The third kappa shape index (κ3) is 3.14. The molecule has 2 aromatic heterocycles. The fourth-order valence-electron chi connectivity index (χ4n) is 4.51. The number of piperazine rings is 1. The van der Waals surface area contributed by atoms with E-state index in [9.17, 15) is 4.79 Å². The predicted molar refractivity (Wildman–Crippen MR) is 110 cm³/mol. The molecule has 3 aromatic rings. The van der Waals surface area contributed by atoms with Crippen molar-refractivity contribution in [3.63, 3.8) is 0 Å². The molecule has 2 unspecified atom stereocenters. The molecule has 2 fully saturated rings. The molecule has 29 heavy (non-hydrogen) atoms. The van der Waals surface area contributed by atoms with E-state index in [1.807, 2.05) is 53.6 Å². The van der Waals surface area contributed by atoms with Gasteiger partial charge in [-0.1, -0.05) is 18.2 Å². The second kappa shape index (κ2) is 7.09. The van der Waals surface area contributed by atoms with Crippen LogP contribution in [0.4, 0.5) is 17.5 Å². The highest BCUT2D eigenvalue weighted by Gasteiger charge is 2.43. The quantitative estimate of drug-likeness (QED) is 0.714. The highest BCUT2D eigenvalue weighted by molar-refractivity contribution is 5.89. The van der Waals surface area contributed by atoms with Crippen LogP contribution in [-0.4, -0.2) is 50.9 Å².